The molecule has 0 aliphatic heterocycles. The number of nitrogens with zero attached hydrogens (tertiary/aromatic N) is 4. The Kier molecular flexibility index (Phi) is 6.70. The van der Waals surface area contributed by atoms with Gasteiger partial charge in [0.25, 0.3) is 0 Å². The fourth-order valence-electron chi connectivity index (χ4n) is 2.62. The summed E-state index contributed by atoms with van der Waals surface area (Å²) < 4.78 is 33.2. The van der Waals surface area contributed by atoms with Crippen LogP contribution in [0.1, 0.15) is 11.7 Å². The van der Waals surface area contributed by atoms with Gasteiger partial charge < -0.3 is 15.4 Å². The number of ether oxygens (including phenoxy) is 1. The highest BCUT2D eigenvalue weighted by Gasteiger charge is 2.21. The average molecular weight is 431 g/mol. The summed E-state index contributed by atoms with van der Waals surface area (Å²) in [5.74, 6) is -0.417. The predicted octanol–water partition coefficient (Wildman–Crippen LogP) is 3.03. The Labute approximate surface area is 175 Å². The van der Waals surface area contributed by atoms with Crippen molar-refractivity contribution < 1.29 is 23.1 Å². The molecule has 3 rings (SSSR count). The first-order valence-corrected chi connectivity index (χ1v) is 9.05. The molecule has 3 amide bonds. The van der Waals surface area contributed by atoms with Crippen LogP contribution >= 0.6 is 0 Å². The van der Waals surface area contributed by atoms with Crippen molar-refractivity contribution in [2.75, 3.05) is 24.4 Å². The van der Waals surface area contributed by atoms with E-state index < -0.39 is 30.7 Å². The SMILES string of the molecule is CNC(=O)Nc1ccc(-c2nnn(C)c2NC(=O)OC(CF)c2cccc(F)c2)nc1. The smallest absolute Gasteiger partial charge is 0.413 e. The molecule has 1 unspecified atom stereocenters. The van der Waals surface area contributed by atoms with Crippen molar-refractivity contribution in [3.8, 4) is 11.4 Å². The highest BCUT2D eigenvalue weighted by atomic mass is 19.1. The van der Waals surface area contributed by atoms with Gasteiger partial charge in [0.05, 0.1) is 17.6 Å². The lowest BCUT2D eigenvalue weighted by Crippen LogP contribution is -2.24. The number of hydrogen-bond donors (Lipinski definition) is 3. The van der Waals surface area contributed by atoms with E-state index in [1.54, 1.807) is 12.1 Å². The molecule has 162 valence electrons. The van der Waals surface area contributed by atoms with E-state index in [-0.39, 0.29) is 17.1 Å². The molecule has 2 heterocycles. The van der Waals surface area contributed by atoms with Gasteiger partial charge in [-0.2, -0.15) is 0 Å². The average Bonchev–Trinajstić information content (AvgIpc) is 3.12. The van der Waals surface area contributed by atoms with E-state index >= 15 is 0 Å². The zero-order chi connectivity index (χ0) is 22.4. The van der Waals surface area contributed by atoms with Crippen molar-refractivity contribution in [2.45, 2.75) is 6.10 Å². The van der Waals surface area contributed by atoms with Crippen LogP contribution in [0.25, 0.3) is 11.4 Å². The lowest BCUT2D eigenvalue weighted by atomic mass is 10.1. The summed E-state index contributed by atoms with van der Waals surface area (Å²) in [7, 11) is 3.02. The maximum absolute atomic E-state index is 13.4. The van der Waals surface area contributed by atoms with Gasteiger partial charge in [-0.3, -0.25) is 10.3 Å². The second-order valence-electron chi connectivity index (χ2n) is 6.27. The van der Waals surface area contributed by atoms with Gasteiger partial charge in [-0.1, -0.05) is 17.3 Å². The predicted molar refractivity (Wildman–Crippen MR) is 108 cm³/mol. The number of carbonyl (C=O) groups is 2. The van der Waals surface area contributed by atoms with E-state index in [9.17, 15) is 18.4 Å². The molecule has 3 aromatic rings. The van der Waals surface area contributed by atoms with E-state index in [0.717, 1.165) is 6.07 Å². The number of anilines is 2. The summed E-state index contributed by atoms with van der Waals surface area (Å²) in [6.07, 6.45) is -0.852. The van der Waals surface area contributed by atoms with Gasteiger partial charge in [0.1, 0.15) is 12.5 Å². The number of halogens is 2. The number of urea groups is 1. The third kappa shape index (κ3) is 5.29. The molecule has 0 aliphatic rings. The normalized spacial score (nSPS) is 11.5. The first-order chi connectivity index (χ1) is 14.9. The fraction of sp³-hybridized carbons (Fsp3) is 0.211. The summed E-state index contributed by atoms with van der Waals surface area (Å²) in [6.45, 7) is -1.03. The van der Waals surface area contributed by atoms with Gasteiger partial charge in [0.15, 0.2) is 17.6 Å². The van der Waals surface area contributed by atoms with E-state index in [2.05, 4.69) is 31.2 Å². The lowest BCUT2D eigenvalue weighted by molar-refractivity contribution is 0.0926. The van der Waals surface area contributed by atoms with Crippen molar-refractivity contribution in [1.82, 2.24) is 25.3 Å². The number of hydrogen-bond acceptors (Lipinski definition) is 6. The number of alkyl halides is 1. The molecule has 0 radical (unpaired) electrons. The second kappa shape index (κ2) is 9.61. The second-order valence-corrected chi connectivity index (χ2v) is 6.27. The molecule has 0 saturated carbocycles. The number of rotatable bonds is 6. The highest BCUT2D eigenvalue weighted by Crippen LogP contribution is 2.25. The third-order valence-corrected chi connectivity index (χ3v) is 4.15. The Hall–Kier alpha value is -4.09. The molecule has 2 aromatic heterocycles. The quantitative estimate of drug-likeness (QED) is 0.551. The van der Waals surface area contributed by atoms with Crippen molar-refractivity contribution in [3.05, 3.63) is 54.0 Å². The molecule has 1 atom stereocenters. The Morgan fingerprint density at radius 2 is 2.03 bits per heavy atom. The Morgan fingerprint density at radius 1 is 1.23 bits per heavy atom. The minimum absolute atomic E-state index is 0.154. The van der Waals surface area contributed by atoms with Crippen molar-refractivity contribution in [1.29, 1.82) is 0 Å². The third-order valence-electron chi connectivity index (χ3n) is 4.15. The maximum atomic E-state index is 13.4. The number of aryl methyl sites for hydroxylation is 1. The lowest BCUT2D eigenvalue weighted by Gasteiger charge is -2.16. The maximum Gasteiger partial charge on any atom is 0.413 e. The van der Waals surface area contributed by atoms with Gasteiger partial charge in [-0.05, 0) is 29.8 Å². The topological polar surface area (TPSA) is 123 Å². The number of nitrogens with one attached hydrogen (secondary N) is 3. The molecule has 31 heavy (non-hydrogen) atoms. The van der Waals surface area contributed by atoms with Crippen LogP contribution in [0.15, 0.2) is 42.6 Å². The zero-order valence-electron chi connectivity index (χ0n) is 16.6. The molecule has 10 nitrogen and oxygen atoms in total. The van der Waals surface area contributed by atoms with Crippen LogP contribution in [0.4, 0.5) is 29.9 Å². The van der Waals surface area contributed by atoms with Crippen LogP contribution in [0.3, 0.4) is 0 Å². The molecular formula is C19H19F2N7O3. The van der Waals surface area contributed by atoms with Crippen LogP contribution in [-0.4, -0.2) is 45.8 Å². The van der Waals surface area contributed by atoms with E-state index in [1.807, 2.05) is 0 Å². The van der Waals surface area contributed by atoms with Crippen LogP contribution in [0.5, 0.6) is 0 Å². The minimum atomic E-state index is -1.28. The molecular weight excluding hydrogens is 412 g/mol. The number of aromatic nitrogens is 4. The Morgan fingerprint density at radius 3 is 2.68 bits per heavy atom. The Bertz CT molecular complexity index is 1070. The van der Waals surface area contributed by atoms with Crippen LogP contribution < -0.4 is 16.0 Å². The summed E-state index contributed by atoms with van der Waals surface area (Å²) >= 11 is 0. The van der Waals surface area contributed by atoms with Gasteiger partial charge >= 0.3 is 12.1 Å². The van der Waals surface area contributed by atoms with E-state index in [4.69, 9.17) is 4.74 Å². The standard InChI is InChI=1S/C19H19F2N7O3/c1-22-18(29)24-13-6-7-14(23-10-13)16-17(28(2)27-26-16)25-19(30)31-15(9-20)11-4-3-5-12(21)8-11/h3-8,10,15H,9H2,1-2H3,(H,25,30)(H2,22,24,29). The van der Waals surface area contributed by atoms with Crippen molar-refractivity contribution in [3.63, 3.8) is 0 Å². The molecule has 0 spiro atoms. The van der Waals surface area contributed by atoms with Crippen LogP contribution in [0.2, 0.25) is 0 Å². The molecule has 0 aliphatic carbocycles. The van der Waals surface area contributed by atoms with Crippen LogP contribution in [0, 0.1) is 5.82 Å². The largest absolute Gasteiger partial charge is 0.438 e. The minimum Gasteiger partial charge on any atom is -0.438 e. The van der Waals surface area contributed by atoms with Gasteiger partial charge in [0, 0.05) is 14.1 Å². The number of pyridine rings is 1. The summed E-state index contributed by atoms with van der Waals surface area (Å²) in [5.41, 5.74) is 1.22. The summed E-state index contributed by atoms with van der Waals surface area (Å²) in [6, 6.07) is 7.91. The monoisotopic (exact) mass is 431 g/mol. The zero-order valence-corrected chi connectivity index (χ0v) is 16.6. The first kappa shape index (κ1) is 21.6. The molecule has 12 heteroatoms. The molecule has 0 saturated heterocycles. The molecule has 3 N–H and O–H groups in total. The molecule has 0 fully saturated rings. The van der Waals surface area contributed by atoms with E-state index in [0.29, 0.717) is 11.4 Å². The number of carbonyl (C=O) groups excluding carboxylic acids is 2. The van der Waals surface area contributed by atoms with Crippen molar-refractivity contribution >= 4 is 23.6 Å². The van der Waals surface area contributed by atoms with Gasteiger partial charge in [-0.25, -0.2) is 23.1 Å². The highest BCUT2D eigenvalue weighted by molar-refractivity contribution is 5.90. The molecule has 0 bridgehead atoms. The van der Waals surface area contributed by atoms with Crippen LogP contribution in [-0.2, 0) is 11.8 Å². The van der Waals surface area contributed by atoms with Gasteiger partial charge in [-0.15, -0.1) is 5.10 Å². The summed E-state index contributed by atoms with van der Waals surface area (Å²) in [5, 5.41) is 15.3. The fourth-order valence-corrected chi connectivity index (χ4v) is 2.62. The first-order valence-electron chi connectivity index (χ1n) is 9.05. The number of amides is 3. The number of benzene rings is 1. The van der Waals surface area contributed by atoms with Gasteiger partial charge in [0.2, 0.25) is 0 Å². The Balaban J connectivity index is 1.74. The van der Waals surface area contributed by atoms with E-state index in [1.165, 1.54) is 43.2 Å². The molecule has 1 aromatic carbocycles. The van der Waals surface area contributed by atoms with Crippen molar-refractivity contribution in [2.24, 2.45) is 7.05 Å². The summed E-state index contributed by atoms with van der Waals surface area (Å²) in [4.78, 5) is 27.9.